The zero-order chi connectivity index (χ0) is 22.4. The van der Waals surface area contributed by atoms with Gasteiger partial charge in [0.25, 0.3) is 0 Å². The van der Waals surface area contributed by atoms with Crippen molar-refractivity contribution in [1.82, 2.24) is 5.32 Å². The van der Waals surface area contributed by atoms with Crippen molar-refractivity contribution in [3.8, 4) is 5.75 Å². The van der Waals surface area contributed by atoms with Crippen LogP contribution in [0.5, 0.6) is 5.75 Å². The summed E-state index contributed by atoms with van der Waals surface area (Å²) in [6.45, 7) is 4.08. The number of carbonyl (C=O) groups excluding carboxylic acids is 1. The monoisotopic (exact) mass is 445 g/mol. The molecule has 31 heavy (non-hydrogen) atoms. The molecule has 1 N–H and O–H groups in total. The number of methoxy groups -OCH3 is 1. The molecule has 1 heterocycles. The van der Waals surface area contributed by atoms with E-state index < -0.39 is 16.1 Å². The van der Waals surface area contributed by atoms with E-state index in [0.717, 1.165) is 29.2 Å². The number of nitrogens with zero attached hydrogens (tertiary/aromatic N) is 2. The molecular weight excluding hydrogens is 414 g/mol. The van der Waals surface area contributed by atoms with E-state index >= 15 is 0 Å². The van der Waals surface area contributed by atoms with Crippen LogP contribution in [0, 0.1) is 0 Å². The Bertz CT molecular complexity index is 986. The molecule has 0 aromatic heterocycles. The first-order valence-electron chi connectivity index (χ1n) is 10.5. The van der Waals surface area contributed by atoms with Crippen molar-refractivity contribution in [2.75, 3.05) is 35.7 Å². The van der Waals surface area contributed by atoms with Crippen molar-refractivity contribution in [3.63, 3.8) is 0 Å². The van der Waals surface area contributed by atoms with Crippen LogP contribution in [0.2, 0.25) is 0 Å². The van der Waals surface area contributed by atoms with Gasteiger partial charge in [-0.3, -0.25) is 9.10 Å². The van der Waals surface area contributed by atoms with Crippen LogP contribution >= 0.6 is 0 Å². The molecule has 0 spiro atoms. The van der Waals surface area contributed by atoms with Crippen molar-refractivity contribution in [1.29, 1.82) is 0 Å². The predicted molar refractivity (Wildman–Crippen MR) is 124 cm³/mol. The second kappa shape index (κ2) is 10.0. The van der Waals surface area contributed by atoms with Gasteiger partial charge in [0, 0.05) is 31.4 Å². The van der Waals surface area contributed by atoms with E-state index in [1.807, 2.05) is 12.1 Å². The fraction of sp³-hybridized carbons (Fsp3) is 0.435. The third-order valence-corrected chi connectivity index (χ3v) is 6.76. The molecule has 1 aliphatic heterocycles. The highest BCUT2D eigenvalue weighted by molar-refractivity contribution is 7.92. The molecule has 168 valence electrons. The first kappa shape index (κ1) is 22.9. The third kappa shape index (κ3) is 5.91. The average molecular weight is 446 g/mol. The molecule has 1 saturated heterocycles. The lowest BCUT2D eigenvalue weighted by molar-refractivity contribution is -0.122. The lowest BCUT2D eigenvalue weighted by atomic mass is 10.1. The van der Waals surface area contributed by atoms with Gasteiger partial charge >= 0.3 is 0 Å². The van der Waals surface area contributed by atoms with Crippen LogP contribution < -0.4 is 19.3 Å². The second-order valence-electron chi connectivity index (χ2n) is 7.87. The van der Waals surface area contributed by atoms with Crippen molar-refractivity contribution in [2.45, 2.75) is 38.8 Å². The summed E-state index contributed by atoms with van der Waals surface area (Å²) < 4.78 is 31.2. The number of carbonyl (C=O) groups is 1. The summed E-state index contributed by atoms with van der Waals surface area (Å²) in [6.07, 6.45) is 4.83. The summed E-state index contributed by atoms with van der Waals surface area (Å²) in [5.74, 6) is 0.154. The molecular formula is C23H31N3O4S. The van der Waals surface area contributed by atoms with Crippen molar-refractivity contribution in [3.05, 3.63) is 54.1 Å². The summed E-state index contributed by atoms with van der Waals surface area (Å²) in [7, 11) is -2.17. The first-order chi connectivity index (χ1) is 14.8. The molecule has 7 nitrogen and oxygen atoms in total. The van der Waals surface area contributed by atoms with Gasteiger partial charge in [-0.25, -0.2) is 8.42 Å². The third-order valence-electron chi connectivity index (χ3n) is 5.52. The molecule has 1 unspecified atom stereocenters. The van der Waals surface area contributed by atoms with Gasteiger partial charge in [0.05, 0.1) is 19.1 Å². The molecule has 1 amide bonds. The molecule has 2 aromatic rings. The molecule has 0 aliphatic carbocycles. The zero-order valence-corrected chi connectivity index (χ0v) is 19.2. The van der Waals surface area contributed by atoms with E-state index in [0.29, 0.717) is 18.0 Å². The van der Waals surface area contributed by atoms with Crippen molar-refractivity contribution >= 4 is 27.3 Å². The summed E-state index contributed by atoms with van der Waals surface area (Å²) in [4.78, 5) is 15.2. The van der Waals surface area contributed by atoms with Gasteiger partial charge in [0.15, 0.2) is 0 Å². The van der Waals surface area contributed by atoms with Crippen LogP contribution in [-0.4, -0.2) is 46.8 Å². The Morgan fingerprint density at radius 3 is 2.42 bits per heavy atom. The highest BCUT2D eigenvalue weighted by atomic mass is 32.2. The number of amides is 1. The maximum absolute atomic E-state index is 12.8. The Morgan fingerprint density at radius 2 is 1.81 bits per heavy atom. The number of hydrogen-bond acceptors (Lipinski definition) is 5. The summed E-state index contributed by atoms with van der Waals surface area (Å²) in [5.41, 5.74) is 2.55. The van der Waals surface area contributed by atoms with Gasteiger partial charge in [-0.2, -0.15) is 0 Å². The number of anilines is 2. The number of nitrogens with one attached hydrogen (secondary N) is 1. The summed E-state index contributed by atoms with van der Waals surface area (Å²) in [5, 5.41) is 2.86. The highest BCUT2D eigenvalue weighted by Crippen LogP contribution is 2.25. The quantitative estimate of drug-likeness (QED) is 0.675. The van der Waals surface area contributed by atoms with Gasteiger partial charge in [0.1, 0.15) is 11.8 Å². The van der Waals surface area contributed by atoms with Crippen LogP contribution in [0.15, 0.2) is 48.5 Å². The number of ether oxygens (including phenoxy) is 1. The number of benzene rings is 2. The highest BCUT2D eigenvalue weighted by Gasteiger charge is 2.29. The van der Waals surface area contributed by atoms with Crippen LogP contribution in [0.1, 0.15) is 31.7 Å². The zero-order valence-electron chi connectivity index (χ0n) is 18.4. The molecule has 2 aromatic carbocycles. The summed E-state index contributed by atoms with van der Waals surface area (Å²) >= 11 is 0. The lowest BCUT2D eigenvalue weighted by Gasteiger charge is -2.29. The topological polar surface area (TPSA) is 79.0 Å². The van der Waals surface area contributed by atoms with E-state index in [1.165, 1.54) is 32.1 Å². The molecule has 0 saturated carbocycles. The maximum Gasteiger partial charge on any atom is 0.243 e. The molecule has 8 heteroatoms. The van der Waals surface area contributed by atoms with E-state index in [1.54, 1.807) is 31.2 Å². The van der Waals surface area contributed by atoms with E-state index in [-0.39, 0.29) is 5.91 Å². The Hall–Kier alpha value is -2.74. The van der Waals surface area contributed by atoms with Gasteiger partial charge in [-0.1, -0.05) is 18.2 Å². The van der Waals surface area contributed by atoms with Gasteiger partial charge in [0.2, 0.25) is 15.9 Å². The molecule has 1 aliphatic rings. The normalized spacial score (nSPS) is 15.3. The van der Waals surface area contributed by atoms with Crippen LogP contribution in [0.3, 0.4) is 0 Å². The van der Waals surface area contributed by atoms with Crippen LogP contribution in [0.25, 0.3) is 0 Å². The van der Waals surface area contributed by atoms with Crippen molar-refractivity contribution in [2.24, 2.45) is 0 Å². The van der Waals surface area contributed by atoms with E-state index in [4.69, 9.17) is 4.74 Å². The number of piperidine rings is 1. The predicted octanol–water partition coefficient (Wildman–Crippen LogP) is 3.16. The van der Waals surface area contributed by atoms with Gasteiger partial charge in [-0.15, -0.1) is 0 Å². The van der Waals surface area contributed by atoms with E-state index in [9.17, 15) is 13.2 Å². The minimum Gasteiger partial charge on any atom is -0.497 e. The first-order valence-corrected chi connectivity index (χ1v) is 12.4. The van der Waals surface area contributed by atoms with Gasteiger partial charge in [-0.05, 0) is 56.0 Å². The lowest BCUT2D eigenvalue weighted by Crippen LogP contribution is -2.47. The van der Waals surface area contributed by atoms with Gasteiger partial charge < -0.3 is 15.0 Å². The fourth-order valence-corrected chi connectivity index (χ4v) is 5.04. The Labute approximate surface area is 185 Å². The smallest absolute Gasteiger partial charge is 0.243 e. The number of hydrogen-bond donors (Lipinski definition) is 1. The molecule has 1 atom stereocenters. The minimum atomic E-state index is -3.68. The molecule has 0 bridgehead atoms. The Morgan fingerprint density at radius 1 is 1.13 bits per heavy atom. The van der Waals surface area contributed by atoms with Crippen LogP contribution in [-0.2, 0) is 21.4 Å². The van der Waals surface area contributed by atoms with E-state index in [2.05, 4.69) is 22.3 Å². The Kier molecular flexibility index (Phi) is 7.43. The second-order valence-corrected chi connectivity index (χ2v) is 9.73. The van der Waals surface area contributed by atoms with Crippen LogP contribution in [0.4, 0.5) is 11.4 Å². The average Bonchev–Trinajstić information content (AvgIpc) is 2.77. The summed E-state index contributed by atoms with van der Waals surface area (Å²) in [6, 6.07) is 13.9. The SMILES string of the molecule is COc1cccc(N(C(C)C(=O)NCc2ccc(N3CCCCC3)cc2)S(C)(=O)=O)c1. The molecule has 1 fully saturated rings. The minimum absolute atomic E-state index is 0.333. The maximum atomic E-state index is 12.8. The standard InChI is InChI=1S/C23H31N3O4S/c1-18(26(31(3,28)29)21-8-7-9-22(16-21)30-2)23(27)24-17-19-10-12-20(13-11-19)25-14-5-4-6-15-25/h7-13,16,18H,4-6,14-15,17H2,1-3H3,(H,24,27). The number of rotatable bonds is 8. The fourth-order valence-electron chi connectivity index (χ4n) is 3.87. The largest absolute Gasteiger partial charge is 0.497 e. The van der Waals surface area contributed by atoms with Crippen molar-refractivity contribution < 1.29 is 17.9 Å². The Balaban J connectivity index is 1.66. The molecule has 0 radical (unpaired) electrons. The number of sulfonamides is 1. The molecule has 3 rings (SSSR count).